The van der Waals surface area contributed by atoms with Crippen LogP contribution in [0.15, 0.2) is 42.5 Å². The van der Waals surface area contributed by atoms with Crippen molar-refractivity contribution in [1.29, 1.82) is 0 Å². The van der Waals surface area contributed by atoms with Crippen LogP contribution < -0.4 is 10.1 Å². The van der Waals surface area contributed by atoms with Crippen LogP contribution in [0.3, 0.4) is 0 Å². The van der Waals surface area contributed by atoms with E-state index in [1.807, 2.05) is 36.4 Å². The molecule has 2 aromatic rings. The molecule has 1 amide bonds. The van der Waals surface area contributed by atoms with Gasteiger partial charge in [0.25, 0.3) is 0 Å². The summed E-state index contributed by atoms with van der Waals surface area (Å²) in [5.74, 6) is 1.66. The third kappa shape index (κ3) is 3.64. The molecule has 1 saturated carbocycles. The van der Waals surface area contributed by atoms with Crippen LogP contribution >= 0.6 is 0 Å². The van der Waals surface area contributed by atoms with Gasteiger partial charge in [0, 0.05) is 18.4 Å². The molecule has 1 heterocycles. The van der Waals surface area contributed by atoms with Gasteiger partial charge in [-0.15, -0.1) is 0 Å². The molecule has 0 aromatic heterocycles. The quantitative estimate of drug-likeness (QED) is 0.808. The van der Waals surface area contributed by atoms with Crippen molar-refractivity contribution in [3.63, 3.8) is 0 Å². The number of amides is 1. The predicted molar refractivity (Wildman–Crippen MR) is 100 cm³/mol. The molecule has 0 radical (unpaired) electrons. The Balaban J connectivity index is 1.45. The zero-order valence-corrected chi connectivity index (χ0v) is 15.0. The van der Waals surface area contributed by atoms with Crippen LogP contribution in [0, 0.1) is 5.92 Å². The molecule has 4 rings (SSSR count). The highest BCUT2D eigenvalue weighted by molar-refractivity contribution is 6.00. The predicted octanol–water partition coefficient (Wildman–Crippen LogP) is 3.78. The summed E-state index contributed by atoms with van der Waals surface area (Å²) >= 11 is 0. The van der Waals surface area contributed by atoms with Crippen LogP contribution in [-0.4, -0.2) is 24.3 Å². The maximum atomic E-state index is 11.9. The second-order valence-electron chi connectivity index (χ2n) is 7.32. The minimum atomic E-state index is -0.0218. The van der Waals surface area contributed by atoms with Crippen molar-refractivity contribution >= 4 is 11.7 Å². The van der Waals surface area contributed by atoms with E-state index in [4.69, 9.17) is 4.74 Å². The average molecular weight is 349 g/mol. The minimum absolute atomic E-state index is 0.0218. The number of Topliss-reactive ketones (excluding diaryl/α,β-unsaturated/α-hetero) is 1. The molecule has 2 aromatic carbocycles. The molecule has 1 aliphatic heterocycles. The van der Waals surface area contributed by atoms with Crippen LogP contribution in [0.2, 0.25) is 0 Å². The summed E-state index contributed by atoms with van der Waals surface area (Å²) < 4.78 is 5.96. The molecule has 1 atom stereocenters. The Morgan fingerprint density at radius 2 is 1.96 bits per heavy atom. The molecule has 1 fully saturated rings. The fourth-order valence-corrected chi connectivity index (χ4v) is 3.53. The third-order valence-corrected chi connectivity index (χ3v) is 5.12. The van der Waals surface area contributed by atoms with E-state index in [1.165, 1.54) is 12.8 Å². The number of rotatable bonds is 6. The smallest absolute Gasteiger partial charge is 0.220 e. The molecular weight excluding hydrogens is 326 g/mol. The average Bonchev–Trinajstić information content (AvgIpc) is 3.35. The van der Waals surface area contributed by atoms with E-state index < -0.39 is 0 Å². The van der Waals surface area contributed by atoms with Gasteiger partial charge in [-0.2, -0.15) is 0 Å². The highest BCUT2D eigenvalue weighted by Gasteiger charge is 2.27. The van der Waals surface area contributed by atoms with E-state index >= 15 is 0 Å². The molecule has 0 spiro atoms. The maximum Gasteiger partial charge on any atom is 0.220 e. The van der Waals surface area contributed by atoms with E-state index in [0.29, 0.717) is 18.9 Å². The highest BCUT2D eigenvalue weighted by Crippen LogP contribution is 2.34. The number of nitrogens with one attached hydrogen (secondary N) is 1. The summed E-state index contributed by atoms with van der Waals surface area (Å²) in [6.45, 7) is 2.13. The Hall–Kier alpha value is -2.62. The fourth-order valence-electron chi connectivity index (χ4n) is 3.53. The van der Waals surface area contributed by atoms with Gasteiger partial charge < -0.3 is 10.1 Å². The standard InChI is InChI=1S/C22H23NO3/c1-14(24)19-4-2-3-5-20(19)16-8-9-21-17(11-16)12-18(26-21)13-23-22(25)10-15-6-7-15/h2-5,8-9,11,15,18H,6-7,10,12-13H2,1H3,(H,23,25)/t18-/m0/s1. The molecule has 26 heavy (non-hydrogen) atoms. The first kappa shape index (κ1) is 16.8. The Labute approximate surface area is 153 Å². The zero-order valence-electron chi connectivity index (χ0n) is 15.0. The van der Waals surface area contributed by atoms with Crippen LogP contribution in [0.1, 0.15) is 42.1 Å². The van der Waals surface area contributed by atoms with Crippen molar-refractivity contribution in [2.45, 2.75) is 38.7 Å². The minimum Gasteiger partial charge on any atom is -0.488 e. The highest BCUT2D eigenvalue weighted by atomic mass is 16.5. The first-order valence-electron chi connectivity index (χ1n) is 9.27. The number of fused-ring (bicyclic) bond motifs is 1. The molecule has 134 valence electrons. The molecule has 4 heteroatoms. The summed E-state index contributed by atoms with van der Waals surface area (Å²) in [6, 6.07) is 13.7. The number of carbonyl (C=O) groups excluding carboxylic acids is 2. The van der Waals surface area contributed by atoms with E-state index in [1.54, 1.807) is 6.92 Å². The Morgan fingerprint density at radius 1 is 1.15 bits per heavy atom. The van der Waals surface area contributed by atoms with Gasteiger partial charge >= 0.3 is 0 Å². The molecule has 0 unspecified atom stereocenters. The van der Waals surface area contributed by atoms with Gasteiger partial charge in [-0.3, -0.25) is 9.59 Å². The SMILES string of the molecule is CC(=O)c1ccccc1-c1ccc2c(c1)C[C@@H](CNC(=O)CC1CC1)O2. The number of hydrogen-bond acceptors (Lipinski definition) is 3. The number of hydrogen-bond donors (Lipinski definition) is 1. The van der Waals surface area contributed by atoms with E-state index in [2.05, 4.69) is 11.4 Å². The monoisotopic (exact) mass is 349 g/mol. The molecule has 2 aliphatic rings. The normalized spacial score (nSPS) is 18.1. The van der Waals surface area contributed by atoms with Gasteiger partial charge in [0.1, 0.15) is 11.9 Å². The van der Waals surface area contributed by atoms with Crippen molar-refractivity contribution in [2.75, 3.05) is 6.54 Å². The van der Waals surface area contributed by atoms with E-state index in [9.17, 15) is 9.59 Å². The molecule has 1 N–H and O–H groups in total. The van der Waals surface area contributed by atoms with Gasteiger partial charge in [0.2, 0.25) is 5.91 Å². The van der Waals surface area contributed by atoms with Crippen LogP contribution in [-0.2, 0) is 11.2 Å². The lowest BCUT2D eigenvalue weighted by Crippen LogP contribution is -2.34. The van der Waals surface area contributed by atoms with Gasteiger partial charge in [-0.1, -0.05) is 30.3 Å². The number of ether oxygens (including phenoxy) is 1. The third-order valence-electron chi connectivity index (χ3n) is 5.12. The number of carbonyl (C=O) groups is 2. The summed E-state index contributed by atoms with van der Waals surface area (Å²) in [5.41, 5.74) is 3.83. The van der Waals surface area contributed by atoms with E-state index in [0.717, 1.165) is 34.4 Å². The lowest BCUT2D eigenvalue weighted by atomic mass is 9.95. The van der Waals surface area contributed by atoms with Crippen LogP contribution in [0.25, 0.3) is 11.1 Å². The number of benzene rings is 2. The molecule has 4 nitrogen and oxygen atoms in total. The maximum absolute atomic E-state index is 11.9. The van der Waals surface area contributed by atoms with Gasteiger partial charge in [0.05, 0.1) is 6.54 Å². The Morgan fingerprint density at radius 3 is 2.73 bits per heavy atom. The van der Waals surface area contributed by atoms with Crippen molar-refractivity contribution in [3.05, 3.63) is 53.6 Å². The molecule has 1 aliphatic carbocycles. The topological polar surface area (TPSA) is 55.4 Å². The Bertz CT molecular complexity index is 854. The largest absolute Gasteiger partial charge is 0.488 e. The first-order chi connectivity index (χ1) is 12.6. The van der Waals surface area contributed by atoms with Crippen molar-refractivity contribution < 1.29 is 14.3 Å². The summed E-state index contributed by atoms with van der Waals surface area (Å²) in [5, 5.41) is 2.99. The summed E-state index contributed by atoms with van der Waals surface area (Å²) in [6.07, 6.45) is 3.76. The van der Waals surface area contributed by atoms with Gasteiger partial charge in [0.15, 0.2) is 5.78 Å². The fraction of sp³-hybridized carbons (Fsp3) is 0.364. The molecular formula is C22H23NO3. The van der Waals surface area contributed by atoms with Crippen LogP contribution in [0.5, 0.6) is 5.75 Å². The lowest BCUT2D eigenvalue weighted by Gasteiger charge is -2.11. The summed E-state index contributed by atoms with van der Waals surface area (Å²) in [7, 11) is 0. The number of ketones is 1. The molecule has 0 saturated heterocycles. The van der Waals surface area contributed by atoms with Crippen molar-refractivity contribution in [1.82, 2.24) is 5.32 Å². The van der Waals surface area contributed by atoms with Crippen LogP contribution in [0.4, 0.5) is 0 Å². The zero-order chi connectivity index (χ0) is 18.1. The van der Waals surface area contributed by atoms with Gasteiger partial charge in [-0.05, 0) is 54.5 Å². The summed E-state index contributed by atoms with van der Waals surface area (Å²) in [4.78, 5) is 23.8. The van der Waals surface area contributed by atoms with Crippen molar-refractivity contribution in [3.8, 4) is 16.9 Å². The lowest BCUT2D eigenvalue weighted by molar-refractivity contribution is -0.121. The van der Waals surface area contributed by atoms with E-state index in [-0.39, 0.29) is 17.8 Å². The Kier molecular flexibility index (Phi) is 4.49. The first-order valence-corrected chi connectivity index (χ1v) is 9.27. The van der Waals surface area contributed by atoms with Crippen molar-refractivity contribution in [2.24, 2.45) is 5.92 Å². The molecule has 0 bridgehead atoms. The second-order valence-corrected chi connectivity index (χ2v) is 7.32. The van der Waals surface area contributed by atoms with Gasteiger partial charge in [-0.25, -0.2) is 0 Å². The second kappa shape index (κ2) is 6.94.